The van der Waals surface area contributed by atoms with Crippen LogP contribution >= 0.6 is 11.8 Å². The van der Waals surface area contributed by atoms with Crippen LogP contribution in [0.15, 0.2) is 57.2 Å². The van der Waals surface area contributed by atoms with Crippen molar-refractivity contribution in [3.8, 4) is 5.75 Å². The monoisotopic (exact) mass is 525 g/mol. The Morgan fingerprint density at radius 2 is 1.78 bits per heavy atom. The lowest BCUT2D eigenvalue weighted by atomic mass is 10.1. The number of phenolic OH excluding ortho intramolecular Hbond substituents is 1. The van der Waals surface area contributed by atoms with Crippen molar-refractivity contribution in [3.05, 3.63) is 48.0 Å². The van der Waals surface area contributed by atoms with Crippen molar-refractivity contribution < 1.29 is 19.4 Å². The first kappa shape index (κ1) is 27.5. The molecule has 0 saturated carbocycles. The zero-order chi connectivity index (χ0) is 25.9. The topological polar surface area (TPSA) is 74.6 Å². The van der Waals surface area contributed by atoms with E-state index in [1.54, 1.807) is 23.9 Å². The SMILES string of the molecule is CCCCCCCC(=O)OCCOCCN1CCN(C2=Nc3ccc(O)cc3Sc3ccccc32)CC1. The molecule has 1 fully saturated rings. The molecule has 200 valence electrons. The highest BCUT2D eigenvalue weighted by molar-refractivity contribution is 7.99. The third-order valence-corrected chi connectivity index (χ3v) is 7.84. The summed E-state index contributed by atoms with van der Waals surface area (Å²) in [4.78, 5) is 23.7. The maximum absolute atomic E-state index is 11.8. The van der Waals surface area contributed by atoms with Crippen molar-refractivity contribution >= 4 is 29.3 Å². The Kier molecular flexibility index (Phi) is 10.7. The molecule has 0 atom stereocenters. The second kappa shape index (κ2) is 14.4. The van der Waals surface area contributed by atoms with Crippen molar-refractivity contribution in [1.29, 1.82) is 0 Å². The molecule has 2 aromatic carbocycles. The van der Waals surface area contributed by atoms with Gasteiger partial charge in [0.25, 0.3) is 0 Å². The van der Waals surface area contributed by atoms with Crippen LogP contribution in [0.2, 0.25) is 0 Å². The molecule has 0 bridgehead atoms. The Hall–Kier alpha value is -2.55. The van der Waals surface area contributed by atoms with Crippen molar-refractivity contribution in [2.45, 2.75) is 55.2 Å². The lowest BCUT2D eigenvalue weighted by Crippen LogP contribution is -2.49. The predicted molar refractivity (Wildman–Crippen MR) is 148 cm³/mol. The van der Waals surface area contributed by atoms with Crippen LogP contribution in [0.25, 0.3) is 0 Å². The normalized spacial score (nSPS) is 15.5. The number of carbonyl (C=O) groups is 1. The van der Waals surface area contributed by atoms with Gasteiger partial charge in [-0.1, -0.05) is 62.6 Å². The van der Waals surface area contributed by atoms with E-state index >= 15 is 0 Å². The van der Waals surface area contributed by atoms with Crippen LogP contribution in [0, 0.1) is 0 Å². The summed E-state index contributed by atoms with van der Waals surface area (Å²) in [5.74, 6) is 1.14. The van der Waals surface area contributed by atoms with Crippen LogP contribution in [0.1, 0.15) is 51.0 Å². The van der Waals surface area contributed by atoms with Crippen LogP contribution in [-0.4, -0.2) is 79.3 Å². The number of phenols is 1. The minimum Gasteiger partial charge on any atom is -0.508 e. The lowest BCUT2D eigenvalue weighted by molar-refractivity contribution is -0.145. The Morgan fingerprint density at radius 3 is 2.62 bits per heavy atom. The molecule has 0 aromatic heterocycles. The number of carbonyl (C=O) groups excluding carboxylic acids is 1. The number of ether oxygens (including phenoxy) is 2. The number of fused-ring (bicyclic) bond motifs is 2. The number of hydrogen-bond donors (Lipinski definition) is 1. The average Bonchev–Trinajstić information content (AvgIpc) is 3.07. The highest BCUT2D eigenvalue weighted by Crippen LogP contribution is 2.42. The van der Waals surface area contributed by atoms with Crippen molar-refractivity contribution in [2.24, 2.45) is 4.99 Å². The smallest absolute Gasteiger partial charge is 0.305 e. The van der Waals surface area contributed by atoms with Crippen LogP contribution in [-0.2, 0) is 14.3 Å². The summed E-state index contributed by atoms with van der Waals surface area (Å²) < 4.78 is 11.0. The molecule has 8 heteroatoms. The number of amidine groups is 1. The average molecular weight is 526 g/mol. The van der Waals surface area contributed by atoms with Gasteiger partial charge in [-0.05, 0) is 30.7 Å². The number of aromatic hydroxyl groups is 1. The molecule has 7 nitrogen and oxygen atoms in total. The maximum Gasteiger partial charge on any atom is 0.305 e. The Labute approximate surface area is 224 Å². The van der Waals surface area contributed by atoms with Gasteiger partial charge in [-0.3, -0.25) is 9.69 Å². The van der Waals surface area contributed by atoms with Gasteiger partial charge in [-0.2, -0.15) is 0 Å². The van der Waals surface area contributed by atoms with Crippen LogP contribution in [0.5, 0.6) is 5.75 Å². The number of esters is 1. The van der Waals surface area contributed by atoms with E-state index in [0.29, 0.717) is 26.2 Å². The van der Waals surface area contributed by atoms with Crippen molar-refractivity contribution in [2.75, 3.05) is 52.5 Å². The molecule has 2 aliphatic heterocycles. The number of rotatable bonds is 12. The van der Waals surface area contributed by atoms with Crippen LogP contribution in [0.4, 0.5) is 5.69 Å². The van der Waals surface area contributed by atoms with E-state index in [1.165, 1.54) is 19.3 Å². The summed E-state index contributed by atoms with van der Waals surface area (Å²) in [6.07, 6.45) is 6.17. The zero-order valence-electron chi connectivity index (χ0n) is 21.9. The molecule has 4 rings (SSSR count). The van der Waals surface area contributed by atoms with Gasteiger partial charge in [-0.15, -0.1) is 0 Å². The third-order valence-electron chi connectivity index (χ3n) is 6.72. The van der Waals surface area contributed by atoms with E-state index in [4.69, 9.17) is 14.5 Å². The largest absolute Gasteiger partial charge is 0.508 e. The first-order valence-corrected chi connectivity index (χ1v) is 14.4. The molecular formula is C29H39N3O4S. The summed E-state index contributed by atoms with van der Waals surface area (Å²) in [5.41, 5.74) is 2.03. The van der Waals surface area contributed by atoms with Gasteiger partial charge in [0.05, 0.1) is 18.9 Å². The molecule has 37 heavy (non-hydrogen) atoms. The fourth-order valence-corrected chi connectivity index (χ4v) is 5.64. The van der Waals surface area contributed by atoms with Gasteiger partial charge < -0.3 is 19.5 Å². The van der Waals surface area contributed by atoms with E-state index < -0.39 is 0 Å². The second-order valence-corrected chi connectivity index (χ2v) is 10.6. The standard InChI is InChI=1S/C29H39N3O4S/c1-2-3-4-5-6-11-28(34)36-21-20-35-19-18-31-14-16-32(17-15-31)29-24-9-7-8-10-26(24)37-27-22-23(33)12-13-25(27)30-29/h7-10,12-13,22,33H,2-6,11,14-21H2,1H3. The first-order chi connectivity index (χ1) is 18.1. The molecule has 0 amide bonds. The molecule has 2 aliphatic rings. The first-order valence-electron chi connectivity index (χ1n) is 13.5. The summed E-state index contributed by atoms with van der Waals surface area (Å²) >= 11 is 1.65. The lowest BCUT2D eigenvalue weighted by Gasteiger charge is -2.36. The Bertz CT molecular complexity index is 1050. The molecule has 2 aromatic rings. The fraction of sp³-hybridized carbons (Fsp3) is 0.517. The molecule has 0 spiro atoms. The third kappa shape index (κ3) is 8.22. The number of hydrogen-bond acceptors (Lipinski definition) is 8. The van der Waals surface area contributed by atoms with Gasteiger partial charge in [0, 0.05) is 54.5 Å². The molecule has 1 saturated heterocycles. The van der Waals surface area contributed by atoms with Gasteiger partial charge in [0.15, 0.2) is 0 Å². The highest BCUT2D eigenvalue weighted by Gasteiger charge is 2.25. The van der Waals surface area contributed by atoms with Crippen molar-refractivity contribution in [1.82, 2.24) is 9.80 Å². The molecule has 1 N–H and O–H groups in total. The molecule has 0 unspecified atom stereocenters. The fourth-order valence-electron chi connectivity index (χ4n) is 4.59. The van der Waals surface area contributed by atoms with Gasteiger partial charge in [0.1, 0.15) is 18.2 Å². The van der Waals surface area contributed by atoms with E-state index in [2.05, 4.69) is 34.9 Å². The number of benzene rings is 2. The summed E-state index contributed by atoms with van der Waals surface area (Å²) in [5, 5.41) is 9.96. The van der Waals surface area contributed by atoms with Crippen LogP contribution < -0.4 is 0 Å². The molecular weight excluding hydrogens is 486 g/mol. The highest BCUT2D eigenvalue weighted by atomic mass is 32.2. The van der Waals surface area contributed by atoms with Gasteiger partial charge >= 0.3 is 5.97 Å². The van der Waals surface area contributed by atoms with E-state index in [1.807, 2.05) is 12.1 Å². The number of piperazine rings is 1. The number of aliphatic imine (C=N–C) groups is 1. The van der Waals surface area contributed by atoms with Crippen LogP contribution in [0.3, 0.4) is 0 Å². The summed E-state index contributed by atoms with van der Waals surface area (Å²) in [6.45, 7) is 8.11. The molecule has 2 heterocycles. The van der Waals surface area contributed by atoms with Crippen molar-refractivity contribution in [3.63, 3.8) is 0 Å². The van der Waals surface area contributed by atoms with E-state index in [9.17, 15) is 9.90 Å². The molecule has 0 aliphatic carbocycles. The Balaban J connectivity index is 1.18. The second-order valence-electron chi connectivity index (χ2n) is 9.51. The number of nitrogens with zero attached hydrogens (tertiary/aromatic N) is 3. The number of unbranched alkanes of at least 4 members (excludes halogenated alkanes) is 4. The van der Waals surface area contributed by atoms with Gasteiger partial charge in [-0.25, -0.2) is 4.99 Å². The minimum atomic E-state index is -0.114. The van der Waals surface area contributed by atoms with E-state index in [-0.39, 0.29) is 11.7 Å². The summed E-state index contributed by atoms with van der Waals surface area (Å²) in [6, 6.07) is 13.7. The van der Waals surface area contributed by atoms with Gasteiger partial charge in [0.2, 0.25) is 0 Å². The molecule has 0 radical (unpaired) electrons. The Morgan fingerprint density at radius 1 is 0.973 bits per heavy atom. The quantitative estimate of drug-likeness (QED) is 0.291. The minimum absolute atomic E-state index is 0.114. The maximum atomic E-state index is 11.8. The zero-order valence-corrected chi connectivity index (χ0v) is 22.7. The summed E-state index contributed by atoms with van der Waals surface area (Å²) in [7, 11) is 0. The van der Waals surface area contributed by atoms with E-state index in [0.717, 1.165) is 72.4 Å². The predicted octanol–water partition coefficient (Wildman–Crippen LogP) is 5.47.